The van der Waals surface area contributed by atoms with Gasteiger partial charge in [0.25, 0.3) is 0 Å². The van der Waals surface area contributed by atoms with Gasteiger partial charge < -0.3 is 29.8 Å². The van der Waals surface area contributed by atoms with Crippen LogP contribution in [0.3, 0.4) is 0 Å². The van der Waals surface area contributed by atoms with Crippen LogP contribution < -0.4 is 25.9 Å². The molecule has 8 nitrogen and oxygen atoms in total. The fraction of sp³-hybridized carbons (Fsp3) is 0.273. The number of hydrogen-bond acceptors (Lipinski definition) is 7. The molecule has 0 saturated heterocycles. The lowest BCUT2D eigenvalue weighted by atomic mass is 10.1. The van der Waals surface area contributed by atoms with Crippen molar-refractivity contribution in [1.82, 2.24) is 5.32 Å². The zero-order valence-corrected chi connectivity index (χ0v) is 17.1. The summed E-state index contributed by atoms with van der Waals surface area (Å²) < 4.78 is 10.7. The van der Waals surface area contributed by atoms with Crippen molar-refractivity contribution in [3.63, 3.8) is 0 Å². The quantitative estimate of drug-likeness (QED) is 0.489. The molecule has 0 aliphatic rings. The molecule has 1 heterocycles. The Morgan fingerprint density at radius 2 is 2.00 bits per heavy atom. The molecule has 3 N–H and O–H groups in total. The highest BCUT2D eigenvalue weighted by Crippen LogP contribution is 2.34. The number of anilines is 3. The van der Waals surface area contributed by atoms with Gasteiger partial charge in [-0.15, -0.1) is 0 Å². The summed E-state index contributed by atoms with van der Waals surface area (Å²) in [6, 6.07) is 13.6. The highest BCUT2D eigenvalue weighted by Gasteiger charge is 2.17. The molecule has 1 unspecified atom stereocenters. The predicted octanol–water partition coefficient (Wildman–Crippen LogP) is 2.48. The molecule has 3 aromatic rings. The summed E-state index contributed by atoms with van der Waals surface area (Å²) in [6.45, 7) is 1.97. The third-order valence-corrected chi connectivity index (χ3v) is 4.77. The molecular formula is C22H25N3O5. The summed E-state index contributed by atoms with van der Waals surface area (Å²) >= 11 is 0. The second-order valence-corrected chi connectivity index (χ2v) is 6.78. The van der Waals surface area contributed by atoms with Crippen LogP contribution in [0.5, 0.6) is 5.75 Å². The molecular weight excluding hydrogens is 386 g/mol. The number of ether oxygens (including phenoxy) is 1. The molecule has 2 aromatic carbocycles. The van der Waals surface area contributed by atoms with Crippen molar-refractivity contribution in [2.24, 2.45) is 0 Å². The van der Waals surface area contributed by atoms with Crippen LogP contribution in [-0.2, 0) is 4.79 Å². The van der Waals surface area contributed by atoms with E-state index in [1.165, 1.54) is 13.2 Å². The number of fused-ring (bicyclic) bond motifs is 1. The number of nitrogens with zero attached hydrogens (tertiary/aromatic N) is 1. The number of methoxy groups -OCH3 is 1. The van der Waals surface area contributed by atoms with Crippen LogP contribution in [0.2, 0.25) is 0 Å². The predicted molar refractivity (Wildman–Crippen MR) is 117 cm³/mol. The first-order valence-electron chi connectivity index (χ1n) is 9.54. The molecule has 0 radical (unpaired) electrons. The van der Waals surface area contributed by atoms with Gasteiger partial charge in [-0.2, -0.15) is 0 Å². The number of aliphatic hydroxyl groups is 1. The Hall–Kier alpha value is -3.36. The number of aliphatic hydroxyl groups excluding tert-OH is 1. The summed E-state index contributed by atoms with van der Waals surface area (Å²) in [7, 11) is 3.36. The van der Waals surface area contributed by atoms with E-state index in [0.717, 1.165) is 11.1 Å². The van der Waals surface area contributed by atoms with Gasteiger partial charge in [0.05, 0.1) is 31.1 Å². The molecule has 1 atom stereocenters. The van der Waals surface area contributed by atoms with Crippen LogP contribution in [0, 0.1) is 0 Å². The largest absolute Gasteiger partial charge is 0.495 e. The second kappa shape index (κ2) is 9.43. The van der Waals surface area contributed by atoms with E-state index in [2.05, 4.69) is 10.6 Å². The maximum atomic E-state index is 12.5. The minimum atomic E-state index is -0.494. The molecule has 158 valence electrons. The van der Waals surface area contributed by atoms with Crippen LogP contribution in [0.15, 0.2) is 57.7 Å². The highest BCUT2D eigenvalue weighted by molar-refractivity contribution is 5.97. The standard InChI is InChI=1S/C22H25N3O5/c1-14(23-10-11-26)22(28)24-17-12-15(8-9-20(17)29-3)25(2)18-13-21(27)30-19-7-5-4-6-16(18)19/h4-9,12-14,23,26H,10-11H2,1-3H3,(H,24,28). The Kier molecular flexibility index (Phi) is 6.71. The van der Waals surface area contributed by atoms with E-state index in [4.69, 9.17) is 14.3 Å². The Morgan fingerprint density at radius 3 is 2.73 bits per heavy atom. The van der Waals surface area contributed by atoms with Crippen LogP contribution in [0.1, 0.15) is 6.92 Å². The maximum absolute atomic E-state index is 12.5. The lowest BCUT2D eigenvalue weighted by Crippen LogP contribution is -2.39. The zero-order valence-electron chi connectivity index (χ0n) is 17.1. The number of carbonyl (C=O) groups is 1. The molecule has 1 aromatic heterocycles. The van der Waals surface area contributed by atoms with Gasteiger partial charge >= 0.3 is 5.63 Å². The Labute approximate surface area is 174 Å². The van der Waals surface area contributed by atoms with Gasteiger partial charge in [-0.25, -0.2) is 4.79 Å². The topological polar surface area (TPSA) is 104 Å². The van der Waals surface area contributed by atoms with Gasteiger partial charge in [0.2, 0.25) is 5.91 Å². The molecule has 0 bridgehead atoms. The number of para-hydroxylation sites is 1. The van der Waals surface area contributed by atoms with Gasteiger partial charge in [-0.05, 0) is 37.3 Å². The van der Waals surface area contributed by atoms with E-state index in [1.807, 2.05) is 36.2 Å². The van der Waals surface area contributed by atoms with Crippen LogP contribution in [0.4, 0.5) is 17.1 Å². The second-order valence-electron chi connectivity index (χ2n) is 6.78. The lowest BCUT2D eigenvalue weighted by molar-refractivity contribution is -0.117. The van der Waals surface area contributed by atoms with E-state index in [9.17, 15) is 9.59 Å². The van der Waals surface area contributed by atoms with Crippen molar-refractivity contribution < 1.29 is 19.1 Å². The van der Waals surface area contributed by atoms with E-state index in [-0.39, 0.29) is 12.5 Å². The van der Waals surface area contributed by atoms with E-state index >= 15 is 0 Å². The SMILES string of the molecule is COc1ccc(N(C)c2cc(=O)oc3ccccc23)cc1NC(=O)C(C)NCCO. The molecule has 3 rings (SSSR count). The molecule has 0 aliphatic heterocycles. The molecule has 0 spiro atoms. The Balaban J connectivity index is 1.95. The highest BCUT2D eigenvalue weighted by atomic mass is 16.5. The molecule has 0 aliphatic carbocycles. The average Bonchev–Trinajstić information content (AvgIpc) is 2.76. The molecule has 1 amide bonds. The average molecular weight is 411 g/mol. The Bertz CT molecular complexity index is 1100. The third kappa shape index (κ3) is 4.61. The van der Waals surface area contributed by atoms with Gasteiger partial charge in [-0.3, -0.25) is 4.79 Å². The van der Waals surface area contributed by atoms with E-state index < -0.39 is 11.7 Å². The summed E-state index contributed by atoms with van der Waals surface area (Å²) in [4.78, 5) is 26.3. The zero-order chi connectivity index (χ0) is 21.7. The summed E-state index contributed by atoms with van der Waals surface area (Å²) in [5, 5.41) is 15.5. The summed E-state index contributed by atoms with van der Waals surface area (Å²) in [6.07, 6.45) is 0. The fourth-order valence-corrected chi connectivity index (χ4v) is 3.13. The first-order valence-corrected chi connectivity index (χ1v) is 9.54. The first kappa shape index (κ1) is 21.4. The van der Waals surface area contributed by atoms with Crippen LogP contribution in [-0.4, -0.2) is 44.4 Å². The molecule has 8 heteroatoms. The van der Waals surface area contributed by atoms with E-state index in [0.29, 0.717) is 29.3 Å². The molecule has 0 saturated carbocycles. The number of amides is 1. The van der Waals surface area contributed by atoms with Crippen molar-refractivity contribution >= 4 is 33.9 Å². The number of rotatable bonds is 8. The number of carbonyl (C=O) groups excluding carboxylic acids is 1. The fourth-order valence-electron chi connectivity index (χ4n) is 3.13. The summed E-state index contributed by atoms with van der Waals surface area (Å²) in [5.41, 5.74) is 1.98. The number of hydrogen-bond donors (Lipinski definition) is 3. The van der Waals surface area contributed by atoms with Gasteiger partial charge in [0.15, 0.2) is 0 Å². The third-order valence-electron chi connectivity index (χ3n) is 4.77. The van der Waals surface area contributed by atoms with Crippen LogP contribution >= 0.6 is 0 Å². The number of benzene rings is 2. The normalized spacial score (nSPS) is 11.9. The maximum Gasteiger partial charge on any atom is 0.338 e. The van der Waals surface area contributed by atoms with Gasteiger partial charge in [0, 0.05) is 30.7 Å². The number of nitrogens with one attached hydrogen (secondary N) is 2. The van der Waals surface area contributed by atoms with Crippen molar-refractivity contribution in [3.8, 4) is 5.75 Å². The van der Waals surface area contributed by atoms with Crippen molar-refractivity contribution in [3.05, 3.63) is 59.0 Å². The Morgan fingerprint density at radius 1 is 1.23 bits per heavy atom. The smallest absolute Gasteiger partial charge is 0.338 e. The van der Waals surface area contributed by atoms with Gasteiger partial charge in [-0.1, -0.05) is 12.1 Å². The minimum absolute atomic E-state index is 0.0553. The minimum Gasteiger partial charge on any atom is -0.495 e. The summed E-state index contributed by atoms with van der Waals surface area (Å²) in [5.74, 6) is 0.250. The van der Waals surface area contributed by atoms with Crippen molar-refractivity contribution in [2.75, 3.05) is 37.5 Å². The van der Waals surface area contributed by atoms with Crippen LogP contribution in [0.25, 0.3) is 11.0 Å². The first-order chi connectivity index (χ1) is 14.4. The lowest BCUT2D eigenvalue weighted by Gasteiger charge is -2.23. The van der Waals surface area contributed by atoms with Gasteiger partial charge in [0.1, 0.15) is 11.3 Å². The molecule has 30 heavy (non-hydrogen) atoms. The van der Waals surface area contributed by atoms with Crippen molar-refractivity contribution in [1.29, 1.82) is 0 Å². The van der Waals surface area contributed by atoms with E-state index in [1.54, 1.807) is 25.1 Å². The monoisotopic (exact) mass is 411 g/mol. The molecule has 0 fully saturated rings. The van der Waals surface area contributed by atoms with Crippen molar-refractivity contribution in [2.45, 2.75) is 13.0 Å².